The second-order valence-electron chi connectivity index (χ2n) is 14.0. The third kappa shape index (κ3) is 20.5. The molecule has 49 heavy (non-hydrogen) atoms. The average molecular weight is 704 g/mol. The summed E-state index contributed by atoms with van der Waals surface area (Å²) in [5, 5.41) is 75.1. The first kappa shape index (κ1) is 45.9. The Balaban J connectivity index is 2.59. The SMILES string of the molecule is CCCCCCCCCC/C=C/CCCC(O)C(O)C(COC1OC(CO)C(O)C(O)C1O)NC(=O)C(O)CCCCCCCCCCC. The standard InChI is InChI=1S/C38H73NO10/c1-3-5-7-9-11-13-14-15-16-18-19-21-23-25-30(41)33(43)29(28-48-38-36(46)35(45)34(44)32(27-40)49-38)39-37(47)31(42)26-24-22-20-17-12-10-8-6-4-2/h18-19,29-36,38,40-46H,3-17,20-28H2,1-2H3,(H,39,47)/b19-18+. The molecule has 1 amide bonds. The molecule has 11 nitrogen and oxygen atoms in total. The van der Waals surface area contributed by atoms with E-state index in [1.807, 2.05) is 0 Å². The van der Waals surface area contributed by atoms with Gasteiger partial charge in [0.05, 0.1) is 25.4 Å². The highest BCUT2D eigenvalue weighted by Gasteiger charge is 2.44. The molecule has 1 rings (SSSR count). The molecule has 1 aliphatic heterocycles. The molecule has 11 heteroatoms. The van der Waals surface area contributed by atoms with E-state index in [4.69, 9.17) is 9.47 Å². The summed E-state index contributed by atoms with van der Waals surface area (Å²) in [5.74, 6) is -0.711. The highest BCUT2D eigenvalue weighted by Crippen LogP contribution is 2.23. The summed E-state index contributed by atoms with van der Waals surface area (Å²) < 4.78 is 11.0. The number of unbranched alkanes of at least 4 members (excludes halogenated alkanes) is 17. The number of carbonyl (C=O) groups is 1. The fraction of sp³-hybridized carbons (Fsp3) is 0.921. The van der Waals surface area contributed by atoms with Gasteiger partial charge in [-0.15, -0.1) is 0 Å². The van der Waals surface area contributed by atoms with Gasteiger partial charge in [0.1, 0.15) is 36.6 Å². The normalized spacial score (nSPS) is 23.8. The van der Waals surface area contributed by atoms with Gasteiger partial charge in [-0.1, -0.05) is 129 Å². The monoisotopic (exact) mass is 704 g/mol. The van der Waals surface area contributed by atoms with Crippen LogP contribution in [-0.2, 0) is 14.3 Å². The number of allylic oxidation sites excluding steroid dienone is 2. The topological polar surface area (TPSA) is 189 Å². The highest BCUT2D eigenvalue weighted by atomic mass is 16.7. The molecule has 0 spiro atoms. The number of hydrogen-bond acceptors (Lipinski definition) is 10. The molecule has 0 aliphatic carbocycles. The summed E-state index contributed by atoms with van der Waals surface area (Å²) >= 11 is 0. The molecular weight excluding hydrogens is 630 g/mol. The van der Waals surface area contributed by atoms with Crippen LogP contribution in [0.2, 0.25) is 0 Å². The molecule has 9 unspecified atom stereocenters. The number of rotatable bonds is 31. The number of carbonyl (C=O) groups excluding carboxylic acids is 1. The molecular formula is C38H73NO10. The Bertz CT molecular complexity index is 815. The molecule has 1 saturated heterocycles. The van der Waals surface area contributed by atoms with E-state index >= 15 is 0 Å². The van der Waals surface area contributed by atoms with E-state index in [0.717, 1.165) is 38.5 Å². The summed E-state index contributed by atoms with van der Waals surface area (Å²) in [7, 11) is 0. The largest absolute Gasteiger partial charge is 0.394 e. The Hall–Kier alpha value is -1.15. The predicted octanol–water partition coefficient (Wildman–Crippen LogP) is 4.55. The summed E-state index contributed by atoms with van der Waals surface area (Å²) in [4.78, 5) is 12.9. The van der Waals surface area contributed by atoms with Crippen LogP contribution in [0.5, 0.6) is 0 Å². The van der Waals surface area contributed by atoms with Crippen LogP contribution >= 0.6 is 0 Å². The zero-order chi connectivity index (χ0) is 36.3. The van der Waals surface area contributed by atoms with E-state index in [9.17, 15) is 40.5 Å². The molecule has 9 atom stereocenters. The Morgan fingerprint density at radius 3 is 1.76 bits per heavy atom. The van der Waals surface area contributed by atoms with Gasteiger partial charge in [0.2, 0.25) is 5.91 Å². The van der Waals surface area contributed by atoms with E-state index in [0.29, 0.717) is 12.8 Å². The first-order chi connectivity index (χ1) is 23.7. The van der Waals surface area contributed by atoms with E-state index in [2.05, 4.69) is 31.3 Å². The first-order valence-electron chi connectivity index (χ1n) is 19.6. The molecule has 1 fully saturated rings. The smallest absolute Gasteiger partial charge is 0.249 e. The van der Waals surface area contributed by atoms with Gasteiger partial charge in [-0.25, -0.2) is 0 Å². The minimum atomic E-state index is -1.66. The van der Waals surface area contributed by atoms with Crippen LogP contribution in [0.3, 0.4) is 0 Å². The van der Waals surface area contributed by atoms with Crippen molar-refractivity contribution in [1.82, 2.24) is 5.32 Å². The zero-order valence-electron chi connectivity index (χ0n) is 30.7. The Morgan fingerprint density at radius 1 is 0.694 bits per heavy atom. The molecule has 1 heterocycles. The Kier molecular flexibility index (Phi) is 27.6. The van der Waals surface area contributed by atoms with Crippen molar-refractivity contribution < 1.29 is 50.0 Å². The average Bonchev–Trinajstić information content (AvgIpc) is 3.10. The van der Waals surface area contributed by atoms with Crippen LogP contribution in [0.15, 0.2) is 12.2 Å². The summed E-state index contributed by atoms with van der Waals surface area (Å²) in [5.41, 5.74) is 0. The van der Waals surface area contributed by atoms with Crippen molar-refractivity contribution in [2.45, 2.75) is 210 Å². The van der Waals surface area contributed by atoms with Crippen LogP contribution in [-0.4, -0.2) is 110 Å². The number of ether oxygens (including phenoxy) is 2. The van der Waals surface area contributed by atoms with Gasteiger partial charge in [-0.3, -0.25) is 4.79 Å². The van der Waals surface area contributed by atoms with Crippen molar-refractivity contribution in [1.29, 1.82) is 0 Å². The second kappa shape index (κ2) is 29.4. The second-order valence-corrected chi connectivity index (χ2v) is 14.0. The van der Waals surface area contributed by atoms with Crippen molar-refractivity contribution in [3.05, 3.63) is 12.2 Å². The minimum absolute atomic E-state index is 0.256. The van der Waals surface area contributed by atoms with Crippen LogP contribution in [0, 0.1) is 0 Å². The maximum atomic E-state index is 12.9. The van der Waals surface area contributed by atoms with Gasteiger partial charge < -0.3 is 50.5 Å². The Morgan fingerprint density at radius 2 is 1.20 bits per heavy atom. The highest BCUT2D eigenvalue weighted by molar-refractivity contribution is 5.80. The number of amides is 1. The van der Waals surface area contributed by atoms with Crippen molar-refractivity contribution >= 4 is 5.91 Å². The van der Waals surface area contributed by atoms with Gasteiger partial charge in [0.15, 0.2) is 6.29 Å². The Labute approximate surface area is 296 Å². The molecule has 1 aliphatic rings. The summed E-state index contributed by atoms with van der Waals surface area (Å²) in [6, 6.07) is -1.18. The molecule has 0 aromatic heterocycles. The molecule has 8 N–H and O–H groups in total. The fourth-order valence-corrected chi connectivity index (χ4v) is 6.20. The quantitative estimate of drug-likeness (QED) is 0.0376. The van der Waals surface area contributed by atoms with Crippen molar-refractivity contribution in [2.75, 3.05) is 13.2 Å². The van der Waals surface area contributed by atoms with Gasteiger partial charge in [0, 0.05) is 0 Å². The zero-order valence-corrected chi connectivity index (χ0v) is 30.7. The number of nitrogens with one attached hydrogen (secondary N) is 1. The lowest BCUT2D eigenvalue weighted by Crippen LogP contribution is -2.60. The molecule has 0 aromatic rings. The third-order valence-corrected chi connectivity index (χ3v) is 9.57. The molecule has 0 saturated carbocycles. The molecule has 0 radical (unpaired) electrons. The lowest BCUT2D eigenvalue weighted by molar-refractivity contribution is -0.303. The molecule has 0 aromatic carbocycles. The van der Waals surface area contributed by atoms with E-state index in [1.165, 1.54) is 77.0 Å². The van der Waals surface area contributed by atoms with E-state index in [1.54, 1.807) is 0 Å². The van der Waals surface area contributed by atoms with E-state index < -0.39 is 74.2 Å². The first-order valence-corrected chi connectivity index (χ1v) is 19.6. The number of hydrogen-bond donors (Lipinski definition) is 8. The van der Waals surface area contributed by atoms with Gasteiger partial charge >= 0.3 is 0 Å². The van der Waals surface area contributed by atoms with Gasteiger partial charge in [0.25, 0.3) is 0 Å². The maximum Gasteiger partial charge on any atom is 0.249 e. The van der Waals surface area contributed by atoms with Crippen molar-refractivity contribution in [2.24, 2.45) is 0 Å². The van der Waals surface area contributed by atoms with Gasteiger partial charge in [-0.05, 0) is 38.5 Å². The van der Waals surface area contributed by atoms with Crippen LogP contribution in [0.4, 0.5) is 0 Å². The van der Waals surface area contributed by atoms with Crippen LogP contribution in [0.25, 0.3) is 0 Å². The third-order valence-electron chi connectivity index (χ3n) is 9.57. The molecule has 0 bridgehead atoms. The van der Waals surface area contributed by atoms with E-state index in [-0.39, 0.29) is 12.8 Å². The van der Waals surface area contributed by atoms with Gasteiger partial charge in [-0.2, -0.15) is 0 Å². The minimum Gasteiger partial charge on any atom is -0.394 e. The maximum absolute atomic E-state index is 12.9. The fourth-order valence-electron chi connectivity index (χ4n) is 6.20. The molecule has 290 valence electrons. The predicted molar refractivity (Wildman–Crippen MR) is 192 cm³/mol. The number of aliphatic hydroxyl groups excluding tert-OH is 7. The van der Waals surface area contributed by atoms with Crippen molar-refractivity contribution in [3.8, 4) is 0 Å². The summed E-state index contributed by atoms with van der Waals surface area (Å²) in [6.45, 7) is 3.35. The van der Waals surface area contributed by atoms with Crippen LogP contribution < -0.4 is 5.32 Å². The summed E-state index contributed by atoms with van der Waals surface area (Å²) in [6.07, 6.45) is 15.7. The lowest BCUT2D eigenvalue weighted by Gasteiger charge is -2.40. The number of aliphatic hydroxyl groups is 7. The van der Waals surface area contributed by atoms with Crippen molar-refractivity contribution in [3.63, 3.8) is 0 Å². The lowest BCUT2D eigenvalue weighted by atomic mass is 9.98. The van der Waals surface area contributed by atoms with Crippen LogP contribution in [0.1, 0.15) is 155 Å².